The molecule has 1 aliphatic rings. The van der Waals surface area contributed by atoms with Crippen molar-refractivity contribution < 1.29 is 9.50 Å². The molecule has 2 N–H and O–H groups in total. The fourth-order valence-corrected chi connectivity index (χ4v) is 2.70. The Morgan fingerprint density at radius 3 is 2.94 bits per heavy atom. The van der Waals surface area contributed by atoms with E-state index in [-0.39, 0.29) is 11.7 Å². The summed E-state index contributed by atoms with van der Waals surface area (Å²) < 4.78 is 13.6. The Kier molecular flexibility index (Phi) is 3.79. The lowest BCUT2D eigenvalue weighted by molar-refractivity contribution is -0.0419. The molecular weight excluding hydrogens is 217 g/mol. The van der Waals surface area contributed by atoms with Crippen LogP contribution in [-0.4, -0.2) is 23.8 Å². The normalized spacial score (nSPS) is 29.2. The molecule has 0 saturated carbocycles. The molecule has 0 radical (unpaired) electrons. The van der Waals surface area contributed by atoms with Crippen LogP contribution in [-0.2, 0) is 6.42 Å². The van der Waals surface area contributed by atoms with Gasteiger partial charge in [-0.15, -0.1) is 0 Å². The zero-order chi connectivity index (χ0) is 12.3. The van der Waals surface area contributed by atoms with Crippen LogP contribution < -0.4 is 5.32 Å². The molecule has 0 spiro atoms. The number of benzene rings is 1. The molecule has 2 atom stereocenters. The van der Waals surface area contributed by atoms with Crippen LogP contribution in [0.2, 0.25) is 0 Å². The van der Waals surface area contributed by atoms with E-state index in [0.717, 1.165) is 19.5 Å². The quantitative estimate of drug-likeness (QED) is 0.844. The maximum atomic E-state index is 13.6. The van der Waals surface area contributed by atoms with Crippen molar-refractivity contribution in [1.82, 2.24) is 5.32 Å². The number of nitrogens with one attached hydrogen (secondary N) is 1. The van der Waals surface area contributed by atoms with Gasteiger partial charge >= 0.3 is 0 Å². The van der Waals surface area contributed by atoms with Crippen LogP contribution in [0.5, 0.6) is 0 Å². The van der Waals surface area contributed by atoms with Gasteiger partial charge in [0.1, 0.15) is 5.82 Å². The lowest BCUT2D eigenvalue weighted by atomic mass is 9.76. The van der Waals surface area contributed by atoms with Gasteiger partial charge in [-0.05, 0) is 31.0 Å². The van der Waals surface area contributed by atoms with E-state index in [1.807, 2.05) is 6.07 Å². The standard InChI is InChI=1S/C14H20FNO/c1-2-12-10-16-8-7-14(12,17)9-11-5-3-4-6-13(11)15/h3-6,12,16-17H,2,7-10H2,1H3. The van der Waals surface area contributed by atoms with Gasteiger partial charge in [-0.1, -0.05) is 25.1 Å². The minimum atomic E-state index is -0.762. The maximum absolute atomic E-state index is 13.6. The van der Waals surface area contributed by atoms with Crippen molar-refractivity contribution in [1.29, 1.82) is 0 Å². The summed E-state index contributed by atoms with van der Waals surface area (Å²) in [5.74, 6) is -0.00910. The highest BCUT2D eigenvalue weighted by molar-refractivity contribution is 5.20. The average Bonchev–Trinajstić information content (AvgIpc) is 2.32. The van der Waals surface area contributed by atoms with Gasteiger partial charge in [-0.25, -0.2) is 4.39 Å². The summed E-state index contributed by atoms with van der Waals surface area (Å²) in [4.78, 5) is 0. The van der Waals surface area contributed by atoms with E-state index in [1.54, 1.807) is 12.1 Å². The Labute approximate surface area is 102 Å². The summed E-state index contributed by atoms with van der Waals surface area (Å²) in [5, 5.41) is 14.0. The van der Waals surface area contributed by atoms with Crippen molar-refractivity contribution in [3.63, 3.8) is 0 Å². The summed E-state index contributed by atoms with van der Waals surface area (Å²) in [6, 6.07) is 6.73. The Bertz CT molecular complexity index is 382. The summed E-state index contributed by atoms with van der Waals surface area (Å²) in [6.07, 6.45) is 2.03. The third kappa shape index (κ3) is 2.67. The third-order valence-corrected chi connectivity index (χ3v) is 3.83. The summed E-state index contributed by atoms with van der Waals surface area (Å²) >= 11 is 0. The van der Waals surface area contributed by atoms with E-state index in [2.05, 4.69) is 12.2 Å². The third-order valence-electron chi connectivity index (χ3n) is 3.83. The molecule has 1 aromatic carbocycles. The molecule has 17 heavy (non-hydrogen) atoms. The van der Waals surface area contributed by atoms with Crippen molar-refractivity contribution in [3.8, 4) is 0 Å². The minimum absolute atomic E-state index is 0.204. The first-order valence-electron chi connectivity index (χ1n) is 6.32. The highest BCUT2D eigenvalue weighted by atomic mass is 19.1. The number of hydrogen-bond acceptors (Lipinski definition) is 2. The summed E-state index contributed by atoms with van der Waals surface area (Å²) in [6.45, 7) is 3.70. The van der Waals surface area contributed by atoms with E-state index in [9.17, 15) is 9.50 Å². The number of piperidine rings is 1. The molecule has 1 saturated heterocycles. The van der Waals surface area contributed by atoms with Crippen LogP contribution in [0.3, 0.4) is 0 Å². The molecule has 3 heteroatoms. The van der Waals surface area contributed by atoms with Crippen LogP contribution in [0.1, 0.15) is 25.3 Å². The zero-order valence-electron chi connectivity index (χ0n) is 10.2. The largest absolute Gasteiger partial charge is 0.389 e. The van der Waals surface area contributed by atoms with E-state index < -0.39 is 5.60 Å². The Hall–Kier alpha value is -0.930. The van der Waals surface area contributed by atoms with E-state index in [4.69, 9.17) is 0 Å². The summed E-state index contributed by atoms with van der Waals surface area (Å²) in [5.41, 5.74) is -0.141. The highest BCUT2D eigenvalue weighted by Crippen LogP contribution is 2.31. The predicted molar refractivity (Wildman–Crippen MR) is 66.3 cm³/mol. The first-order chi connectivity index (χ1) is 8.15. The van der Waals surface area contributed by atoms with Crippen molar-refractivity contribution >= 4 is 0 Å². The van der Waals surface area contributed by atoms with Gasteiger partial charge < -0.3 is 10.4 Å². The SMILES string of the molecule is CCC1CNCCC1(O)Cc1ccccc1F. The van der Waals surface area contributed by atoms with Gasteiger partial charge in [0, 0.05) is 18.9 Å². The monoisotopic (exact) mass is 237 g/mol. The molecule has 0 bridgehead atoms. The minimum Gasteiger partial charge on any atom is -0.389 e. The number of rotatable bonds is 3. The Morgan fingerprint density at radius 2 is 2.24 bits per heavy atom. The van der Waals surface area contributed by atoms with Crippen molar-refractivity contribution in [3.05, 3.63) is 35.6 Å². The fraction of sp³-hybridized carbons (Fsp3) is 0.571. The fourth-order valence-electron chi connectivity index (χ4n) is 2.70. The second-order valence-corrected chi connectivity index (χ2v) is 4.93. The van der Waals surface area contributed by atoms with Crippen LogP contribution in [0, 0.1) is 11.7 Å². The number of aliphatic hydroxyl groups is 1. The molecule has 0 aromatic heterocycles. The van der Waals surface area contributed by atoms with Gasteiger partial charge in [0.25, 0.3) is 0 Å². The lowest BCUT2D eigenvalue weighted by Gasteiger charge is -2.40. The number of hydrogen-bond donors (Lipinski definition) is 2. The highest BCUT2D eigenvalue weighted by Gasteiger charge is 2.38. The molecule has 2 unspecified atom stereocenters. The molecule has 1 fully saturated rings. The zero-order valence-corrected chi connectivity index (χ0v) is 10.2. The molecule has 0 aliphatic carbocycles. The van der Waals surface area contributed by atoms with Gasteiger partial charge in [0.2, 0.25) is 0 Å². The molecule has 2 nitrogen and oxygen atoms in total. The second-order valence-electron chi connectivity index (χ2n) is 4.93. The van der Waals surface area contributed by atoms with Crippen LogP contribution in [0.4, 0.5) is 4.39 Å². The molecule has 0 amide bonds. The molecule has 1 aromatic rings. The van der Waals surface area contributed by atoms with E-state index in [1.165, 1.54) is 6.07 Å². The first-order valence-corrected chi connectivity index (χ1v) is 6.32. The smallest absolute Gasteiger partial charge is 0.126 e. The molecule has 94 valence electrons. The Morgan fingerprint density at radius 1 is 1.47 bits per heavy atom. The number of halogens is 1. The average molecular weight is 237 g/mol. The molecule has 1 heterocycles. The van der Waals surface area contributed by atoms with Gasteiger partial charge in [-0.3, -0.25) is 0 Å². The van der Waals surface area contributed by atoms with E-state index in [0.29, 0.717) is 18.4 Å². The van der Waals surface area contributed by atoms with Crippen molar-refractivity contribution in [2.24, 2.45) is 5.92 Å². The van der Waals surface area contributed by atoms with Crippen LogP contribution >= 0.6 is 0 Å². The first kappa shape index (κ1) is 12.5. The summed E-state index contributed by atoms with van der Waals surface area (Å²) in [7, 11) is 0. The second kappa shape index (κ2) is 5.15. The topological polar surface area (TPSA) is 32.3 Å². The molecular formula is C14H20FNO. The molecule has 2 rings (SSSR count). The molecule has 1 aliphatic heterocycles. The van der Waals surface area contributed by atoms with Crippen LogP contribution in [0.15, 0.2) is 24.3 Å². The van der Waals surface area contributed by atoms with Crippen LogP contribution in [0.25, 0.3) is 0 Å². The van der Waals surface area contributed by atoms with Gasteiger partial charge in [0.15, 0.2) is 0 Å². The van der Waals surface area contributed by atoms with Crippen molar-refractivity contribution in [2.75, 3.05) is 13.1 Å². The Balaban J connectivity index is 2.18. The van der Waals surface area contributed by atoms with E-state index >= 15 is 0 Å². The van der Waals surface area contributed by atoms with Crippen molar-refractivity contribution in [2.45, 2.75) is 31.8 Å². The lowest BCUT2D eigenvalue weighted by Crippen LogP contribution is -2.51. The van der Waals surface area contributed by atoms with Gasteiger partial charge in [0.05, 0.1) is 5.60 Å². The maximum Gasteiger partial charge on any atom is 0.126 e. The predicted octanol–water partition coefficient (Wildman–Crippen LogP) is 2.12. The van der Waals surface area contributed by atoms with Gasteiger partial charge in [-0.2, -0.15) is 0 Å².